The average molecular weight is 510 g/mol. The zero-order valence-electron chi connectivity index (χ0n) is 20.3. The fourth-order valence-corrected chi connectivity index (χ4v) is 4.21. The molecule has 4 aromatic rings. The number of hydrogen-bond donors (Lipinski definition) is 3. The highest BCUT2D eigenvalue weighted by Gasteiger charge is 2.23. The van der Waals surface area contributed by atoms with Crippen LogP contribution in [0.1, 0.15) is 16.1 Å². The van der Waals surface area contributed by atoms with Crippen molar-refractivity contribution in [2.24, 2.45) is 12.8 Å². The highest BCUT2D eigenvalue weighted by molar-refractivity contribution is 5.99. The summed E-state index contributed by atoms with van der Waals surface area (Å²) in [6, 6.07) is 2.89. The van der Waals surface area contributed by atoms with Gasteiger partial charge in [0.25, 0.3) is 5.91 Å². The molecular weight excluding hydrogens is 484 g/mol. The predicted molar refractivity (Wildman–Crippen MR) is 133 cm³/mol. The molecule has 0 spiro atoms. The number of imidazole rings is 1. The lowest BCUT2D eigenvalue weighted by atomic mass is 10.1. The molecule has 0 unspecified atom stereocenters. The number of fused-ring (bicyclic) bond motifs is 1. The van der Waals surface area contributed by atoms with Crippen LogP contribution in [-0.4, -0.2) is 68.7 Å². The number of ether oxygens (including phenoxy) is 1. The first-order valence-corrected chi connectivity index (χ1v) is 11.6. The third-order valence-corrected chi connectivity index (χ3v) is 6.17. The normalized spacial score (nSPS) is 14.2. The zero-order chi connectivity index (χ0) is 26.1. The lowest BCUT2D eigenvalue weighted by molar-refractivity contribution is 0.0336. The molecule has 11 nitrogen and oxygen atoms in total. The minimum absolute atomic E-state index is 0.124. The van der Waals surface area contributed by atoms with Crippen LogP contribution in [0.3, 0.4) is 0 Å². The van der Waals surface area contributed by atoms with Gasteiger partial charge in [0, 0.05) is 45.5 Å². The molecule has 37 heavy (non-hydrogen) atoms. The van der Waals surface area contributed by atoms with Gasteiger partial charge in [0.05, 0.1) is 42.5 Å². The minimum atomic E-state index is -1.10. The van der Waals surface area contributed by atoms with Crippen LogP contribution >= 0.6 is 0 Å². The average Bonchev–Trinajstić information content (AvgIpc) is 3.29. The van der Waals surface area contributed by atoms with E-state index in [2.05, 4.69) is 30.6 Å². The number of rotatable bonds is 7. The zero-order valence-corrected chi connectivity index (χ0v) is 20.3. The number of pyridine rings is 1. The third kappa shape index (κ3) is 4.66. The number of primary amides is 1. The van der Waals surface area contributed by atoms with E-state index in [-0.39, 0.29) is 40.8 Å². The van der Waals surface area contributed by atoms with E-state index < -0.39 is 17.5 Å². The summed E-state index contributed by atoms with van der Waals surface area (Å²) in [7, 11) is 3.45. The Hall–Kier alpha value is -4.23. The Morgan fingerprint density at radius 3 is 2.65 bits per heavy atom. The van der Waals surface area contributed by atoms with Crippen molar-refractivity contribution in [1.29, 1.82) is 0 Å². The number of morpholine rings is 1. The van der Waals surface area contributed by atoms with E-state index in [1.165, 1.54) is 12.1 Å². The molecule has 4 N–H and O–H groups in total. The van der Waals surface area contributed by atoms with Gasteiger partial charge in [-0.2, -0.15) is 0 Å². The number of halogens is 2. The van der Waals surface area contributed by atoms with Crippen molar-refractivity contribution in [3.8, 4) is 11.3 Å². The smallest absolute Gasteiger partial charge is 0.271 e. The Kier molecular flexibility index (Phi) is 6.63. The number of aromatic nitrogens is 5. The van der Waals surface area contributed by atoms with Gasteiger partial charge in [-0.1, -0.05) is 6.07 Å². The number of nitrogens with two attached hydrogens (primary N) is 1. The fourth-order valence-electron chi connectivity index (χ4n) is 4.21. The molecule has 1 aliphatic rings. The SMILES string of the molecule is CNc1nc(Nc2ccc(CN3CCOCC3)c(F)c2F)c(C(N)=O)nc1-c1cncc2c1ncn2C. The van der Waals surface area contributed by atoms with Crippen molar-refractivity contribution in [2.45, 2.75) is 6.54 Å². The van der Waals surface area contributed by atoms with Gasteiger partial charge in [0.1, 0.15) is 11.2 Å². The van der Waals surface area contributed by atoms with E-state index in [1.54, 1.807) is 30.3 Å². The van der Waals surface area contributed by atoms with Crippen LogP contribution in [0.4, 0.5) is 26.1 Å². The molecule has 0 aliphatic carbocycles. The Morgan fingerprint density at radius 2 is 1.92 bits per heavy atom. The number of nitrogens with one attached hydrogen (secondary N) is 2. The maximum Gasteiger partial charge on any atom is 0.271 e. The lowest BCUT2D eigenvalue weighted by Crippen LogP contribution is -2.35. The third-order valence-electron chi connectivity index (χ3n) is 6.17. The molecule has 0 bridgehead atoms. The van der Waals surface area contributed by atoms with Crippen molar-refractivity contribution in [2.75, 3.05) is 44.0 Å². The quantitative estimate of drug-likeness (QED) is 0.343. The first-order valence-electron chi connectivity index (χ1n) is 11.6. The van der Waals surface area contributed by atoms with Crippen LogP contribution < -0.4 is 16.4 Å². The molecule has 0 radical (unpaired) electrons. The van der Waals surface area contributed by atoms with Gasteiger partial charge in [-0.25, -0.2) is 23.7 Å². The number of hydrogen-bond acceptors (Lipinski definition) is 9. The van der Waals surface area contributed by atoms with Gasteiger partial charge in [0.15, 0.2) is 29.0 Å². The summed E-state index contributed by atoms with van der Waals surface area (Å²) in [5, 5.41) is 5.62. The number of carbonyl (C=O) groups excluding carboxylic acids is 1. The molecule has 5 rings (SSSR count). The second-order valence-electron chi connectivity index (χ2n) is 8.56. The van der Waals surface area contributed by atoms with Crippen LogP contribution in [0.5, 0.6) is 0 Å². The van der Waals surface area contributed by atoms with Crippen molar-refractivity contribution in [3.05, 3.63) is 53.7 Å². The van der Waals surface area contributed by atoms with E-state index in [0.717, 1.165) is 5.52 Å². The first kappa shape index (κ1) is 24.5. The Balaban J connectivity index is 1.52. The standard InChI is InChI=1S/C24H25F2N9O2/c1-28-23-20(14-9-29-10-16-19(14)30-12-34(16)2)32-21(22(27)36)24(33-23)31-15-4-3-13(17(25)18(15)26)11-35-5-7-37-8-6-35/h3-4,9-10,12H,5-8,11H2,1-2H3,(H2,27,36)(H2,28,31,33). The summed E-state index contributed by atoms with van der Waals surface area (Å²) in [5.41, 5.74) is 7.51. The minimum Gasteiger partial charge on any atom is -0.379 e. The van der Waals surface area contributed by atoms with Gasteiger partial charge in [-0.3, -0.25) is 14.7 Å². The second-order valence-corrected chi connectivity index (χ2v) is 8.56. The van der Waals surface area contributed by atoms with Crippen LogP contribution in [0.2, 0.25) is 0 Å². The van der Waals surface area contributed by atoms with E-state index in [9.17, 15) is 9.18 Å². The van der Waals surface area contributed by atoms with E-state index in [4.69, 9.17) is 10.5 Å². The Bertz CT molecular complexity index is 1490. The highest BCUT2D eigenvalue weighted by atomic mass is 19.2. The molecule has 1 amide bonds. The van der Waals surface area contributed by atoms with Gasteiger partial charge in [-0.15, -0.1) is 0 Å². The Morgan fingerprint density at radius 1 is 1.14 bits per heavy atom. The van der Waals surface area contributed by atoms with E-state index in [1.807, 2.05) is 11.9 Å². The number of nitrogens with zero attached hydrogens (tertiary/aromatic N) is 6. The molecule has 0 atom stereocenters. The summed E-state index contributed by atoms with van der Waals surface area (Å²) >= 11 is 0. The largest absolute Gasteiger partial charge is 0.379 e. The summed E-state index contributed by atoms with van der Waals surface area (Å²) in [5.74, 6) is -2.84. The van der Waals surface area contributed by atoms with Crippen molar-refractivity contribution < 1.29 is 18.3 Å². The number of anilines is 3. The molecule has 1 saturated heterocycles. The van der Waals surface area contributed by atoms with E-state index >= 15 is 4.39 Å². The molecule has 4 heterocycles. The van der Waals surface area contributed by atoms with Crippen LogP contribution in [0, 0.1) is 11.6 Å². The molecular formula is C24H25F2N9O2. The monoisotopic (exact) mass is 509 g/mol. The van der Waals surface area contributed by atoms with Crippen molar-refractivity contribution >= 4 is 34.3 Å². The maximum absolute atomic E-state index is 15.1. The number of amides is 1. The topological polar surface area (TPSA) is 136 Å². The predicted octanol–water partition coefficient (Wildman–Crippen LogP) is 2.42. The van der Waals surface area contributed by atoms with Crippen LogP contribution in [0.25, 0.3) is 22.3 Å². The summed E-state index contributed by atoms with van der Waals surface area (Å²) in [4.78, 5) is 31.8. The van der Waals surface area contributed by atoms with Gasteiger partial charge in [0.2, 0.25) is 0 Å². The van der Waals surface area contributed by atoms with E-state index in [0.29, 0.717) is 37.4 Å². The molecule has 192 valence electrons. The van der Waals surface area contributed by atoms with Crippen LogP contribution in [0.15, 0.2) is 30.9 Å². The molecule has 1 fully saturated rings. The molecule has 1 aliphatic heterocycles. The summed E-state index contributed by atoms with van der Waals surface area (Å²) < 4.78 is 37.1. The molecule has 13 heteroatoms. The van der Waals surface area contributed by atoms with Gasteiger partial charge < -0.3 is 25.7 Å². The fraction of sp³-hybridized carbons (Fsp3) is 0.292. The lowest BCUT2D eigenvalue weighted by Gasteiger charge is -2.26. The number of carbonyl (C=O) groups is 1. The first-order chi connectivity index (χ1) is 17.9. The molecule has 3 aromatic heterocycles. The summed E-state index contributed by atoms with van der Waals surface area (Å²) in [6.45, 7) is 2.63. The van der Waals surface area contributed by atoms with Crippen molar-refractivity contribution in [3.63, 3.8) is 0 Å². The maximum atomic E-state index is 15.1. The Labute approximate surface area is 210 Å². The summed E-state index contributed by atoms with van der Waals surface area (Å²) in [6.07, 6.45) is 4.84. The number of aryl methyl sites for hydroxylation is 1. The molecule has 1 aromatic carbocycles. The number of benzene rings is 1. The molecule has 0 saturated carbocycles. The highest BCUT2D eigenvalue weighted by Crippen LogP contribution is 2.33. The van der Waals surface area contributed by atoms with Gasteiger partial charge in [-0.05, 0) is 6.07 Å². The van der Waals surface area contributed by atoms with Gasteiger partial charge >= 0.3 is 0 Å². The second kappa shape index (κ2) is 10.0. The van der Waals surface area contributed by atoms with Crippen molar-refractivity contribution in [1.82, 2.24) is 29.4 Å². The van der Waals surface area contributed by atoms with Crippen LogP contribution in [-0.2, 0) is 18.3 Å².